The Bertz CT molecular complexity index is 924. The number of likely N-dealkylation sites (N-methyl/N-ethyl adjacent to an activating group) is 2. The lowest BCUT2D eigenvalue weighted by atomic mass is 10.2. The van der Waals surface area contributed by atoms with Crippen molar-refractivity contribution in [1.82, 2.24) is 20.2 Å². The van der Waals surface area contributed by atoms with E-state index in [1.807, 2.05) is 11.9 Å². The van der Waals surface area contributed by atoms with Crippen LogP contribution in [0.2, 0.25) is 0 Å². The van der Waals surface area contributed by atoms with Gasteiger partial charge in [0.2, 0.25) is 0 Å². The monoisotopic (exact) mass is 549 g/mol. The third-order valence-electron chi connectivity index (χ3n) is 5.63. The minimum Gasteiger partial charge on any atom is -0.409 e. The van der Waals surface area contributed by atoms with E-state index in [-0.39, 0.29) is 36.5 Å². The maximum Gasteiger partial charge on any atom is 0.415 e. The smallest absolute Gasteiger partial charge is 0.409 e. The van der Waals surface area contributed by atoms with Crippen molar-refractivity contribution in [2.24, 2.45) is 4.99 Å². The summed E-state index contributed by atoms with van der Waals surface area (Å²) in [4.78, 5) is 33.6. The molecule has 0 aliphatic carbocycles. The molecule has 0 bridgehead atoms. The molecule has 196 valence electrons. The third kappa shape index (κ3) is 8.64. The molecule has 8 nitrogen and oxygen atoms in total. The van der Waals surface area contributed by atoms with Crippen molar-refractivity contribution < 1.29 is 18.7 Å². The molecule has 1 saturated heterocycles. The van der Waals surface area contributed by atoms with Gasteiger partial charge in [-0.05, 0) is 62.8 Å². The van der Waals surface area contributed by atoms with Gasteiger partial charge in [0.1, 0.15) is 11.6 Å². The van der Waals surface area contributed by atoms with Gasteiger partial charge in [0, 0.05) is 44.4 Å². The number of aliphatic imine (C=N–C) groups is 1. The van der Waals surface area contributed by atoms with E-state index in [0.29, 0.717) is 28.7 Å². The molecule has 1 fully saturated rings. The van der Waals surface area contributed by atoms with Gasteiger partial charge < -0.3 is 14.5 Å². The first-order valence-electron chi connectivity index (χ1n) is 11.5. The van der Waals surface area contributed by atoms with E-state index in [4.69, 9.17) is 4.74 Å². The second kappa shape index (κ2) is 15.3. The van der Waals surface area contributed by atoms with Gasteiger partial charge in [0.15, 0.2) is 5.17 Å². The van der Waals surface area contributed by atoms with E-state index in [0.717, 1.165) is 45.6 Å². The van der Waals surface area contributed by atoms with Crippen LogP contribution in [0.4, 0.5) is 9.18 Å². The van der Waals surface area contributed by atoms with Crippen LogP contribution in [-0.2, 0) is 4.79 Å². The van der Waals surface area contributed by atoms with E-state index in [9.17, 15) is 14.0 Å². The number of rotatable bonds is 8. The van der Waals surface area contributed by atoms with Crippen LogP contribution in [0.15, 0.2) is 28.1 Å². The SMILES string of the molecule is CCN(CC)CCN(CC)C(=O)Oc1cc(F)ccc1C=C1SC(N2CCCCN2)=NC1=O.Cl.Cl. The normalized spacial score (nSPS) is 16.6. The standard InChI is InChI=1S/C23H32FN5O3S.2ClH/c1-4-27(5-2)13-14-28(6-3)23(31)32-19-16-18(24)10-9-17(19)15-20-21(30)26-22(33-20)29-12-8-7-11-25-29;;/h9-10,15-16,25H,4-8,11-14H2,1-3H3;2*1H. The van der Waals surface area contributed by atoms with Crippen molar-refractivity contribution in [3.05, 3.63) is 34.5 Å². The topological polar surface area (TPSA) is 77.5 Å². The number of benzene rings is 1. The number of hydrazine groups is 1. The van der Waals surface area contributed by atoms with Crippen molar-refractivity contribution >= 4 is 59.8 Å². The summed E-state index contributed by atoms with van der Waals surface area (Å²) >= 11 is 1.25. The number of carbonyl (C=O) groups excluding carboxylic acids is 2. The summed E-state index contributed by atoms with van der Waals surface area (Å²) in [6, 6.07) is 3.95. The molecule has 0 unspecified atom stereocenters. The first kappa shape index (κ1) is 31.2. The number of hydrogen-bond acceptors (Lipinski definition) is 7. The Kier molecular flexibility index (Phi) is 13.6. The molecule has 1 aromatic carbocycles. The summed E-state index contributed by atoms with van der Waals surface area (Å²) in [7, 11) is 0. The molecular formula is C23H34Cl2FN5O3S. The Morgan fingerprint density at radius 3 is 2.57 bits per heavy atom. The first-order valence-corrected chi connectivity index (χ1v) is 12.3. The lowest BCUT2D eigenvalue weighted by Crippen LogP contribution is -2.45. The molecule has 0 atom stereocenters. The van der Waals surface area contributed by atoms with Crippen LogP contribution in [0.5, 0.6) is 5.75 Å². The number of halogens is 3. The number of amidine groups is 1. The van der Waals surface area contributed by atoms with E-state index in [1.165, 1.54) is 30.0 Å². The van der Waals surface area contributed by atoms with Gasteiger partial charge in [0.05, 0.1) is 4.91 Å². The average molecular weight is 551 g/mol. The lowest BCUT2D eigenvalue weighted by molar-refractivity contribution is -0.113. The molecular weight excluding hydrogens is 516 g/mol. The zero-order chi connectivity index (χ0) is 23.8. The van der Waals surface area contributed by atoms with Gasteiger partial charge in [-0.15, -0.1) is 24.8 Å². The van der Waals surface area contributed by atoms with Crippen molar-refractivity contribution in [2.45, 2.75) is 33.6 Å². The molecule has 2 heterocycles. The van der Waals surface area contributed by atoms with Crippen LogP contribution in [0.25, 0.3) is 6.08 Å². The van der Waals surface area contributed by atoms with E-state index in [2.05, 4.69) is 29.2 Å². The van der Waals surface area contributed by atoms with E-state index < -0.39 is 11.9 Å². The summed E-state index contributed by atoms with van der Waals surface area (Å²) in [6.07, 6.45) is 3.16. The maximum atomic E-state index is 14.0. The summed E-state index contributed by atoms with van der Waals surface area (Å²) in [5, 5.41) is 2.48. The Hall–Kier alpha value is -1.85. The summed E-state index contributed by atoms with van der Waals surface area (Å²) in [6.45, 7) is 11.1. The molecule has 2 aliphatic rings. The largest absolute Gasteiger partial charge is 0.415 e. The summed E-state index contributed by atoms with van der Waals surface area (Å²) in [5.41, 5.74) is 3.68. The molecule has 0 radical (unpaired) electrons. The van der Waals surface area contributed by atoms with Crippen LogP contribution >= 0.6 is 36.6 Å². The predicted molar refractivity (Wildman–Crippen MR) is 144 cm³/mol. The Balaban J connectivity index is 0.00000306. The number of nitrogens with one attached hydrogen (secondary N) is 1. The fourth-order valence-electron chi connectivity index (χ4n) is 3.56. The molecule has 35 heavy (non-hydrogen) atoms. The second-order valence-corrected chi connectivity index (χ2v) is 8.74. The highest BCUT2D eigenvalue weighted by atomic mass is 35.5. The fourth-order valence-corrected chi connectivity index (χ4v) is 4.47. The molecule has 12 heteroatoms. The van der Waals surface area contributed by atoms with Gasteiger partial charge in [0.25, 0.3) is 5.91 Å². The Morgan fingerprint density at radius 1 is 1.20 bits per heavy atom. The van der Waals surface area contributed by atoms with E-state index in [1.54, 1.807) is 11.0 Å². The third-order valence-corrected chi connectivity index (χ3v) is 6.64. The van der Waals surface area contributed by atoms with Gasteiger partial charge >= 0.3 is 6.09 Å². The quantitative estimate of drug-likeness (QED) is 0.481. The molecule has 0 spiro atoms. The highest BCUT2D eigenvalue weighted by molar-refractivity contribution is 8.18. The van der Waals surface area contributed by atoms with Crippen LogP contribution in [0, 0.1) is 5.82 Å². The number of hydrogen-bond donors (Lipinski definition) is 1. The van der Waals surface area contributed by atoms with Crippen molar-refractivity contribution in [3.63, 3.8) is 0 Å². The van der Waals surface area contributed by atoms with Gasteiger partial charge in [-0.3, -0.25) is 9.80 Å². The van der Waals surface area contributed by atoms with E-state index >= 15 is 0 Å². The van der Waals surface area contributed by atoms with Crippen LogP contribution < -0.4 is 10.2 Å². The van der Waals surface area contributed by atoms with Gasteiger partial charge in [-0.2, -0.15) is 4.99 Å². The summed E-state index contributed by atoms with van der Waals surface area (Å²) in [5.74, 6) is -0.809. The summed E-state index contributed by atoms with van der Waals surface area (Å²) < 4.78 is 19.6. The van der Waals surface area contributed by atoms with Crippen LogP contribution in [-0.4, -0.2) is 77.8 Å². The van der Waals surface area contributed by atoms with Crippen LogP contribution in [0.3, 0.4) is 0 Å². The molecule has 0 aromatic heterocycles. The predicted octanol–water partition coefficient (Wildman–Crippen LogP) is 4.40. The highest BCUT2D eigenvalue weighted by Gasteiger charge is 2.27. The number of amides is 2. The van der Waals surface area contributed by atoms with Crippen LogP contribution in [0.1, 0.15) is 39.2 Å². The molecule has 2 aliphatic heterocycles. The fraction of sp³-hybridized carbons (Fsp3) is 0.522. The highest BCUT2D eigenvalue weighted by Crippen LogP contribution is 2.33. The second-order valence-electron chi connectivity index (χ2n) is 7.73. The Labute approximate surface area is 223 Å². The number of carbonyl (C=O) groups is 2. The lowest BCUT2D eigenvalue weighted by Gasteiger charge is -2.28. The number of ether oxygens (including phenoxy) is 1. The Morgan fingerprint density at radius 2 is 1.94 bits per heavy atom. The average Bonchev–Trinajstić information content (AvgIpc) is 3.19. The van der Waals surface area contributed by atoms with Crippen molar-refractivity contribution in [3.8, 4) is 5.75 Å². The van der Waals surface area contributed by atoms with Crippen molar-refractivity contribution in [1.29, 1.82) is 0 Å². The molecule has 0 saturated carbocycles. The van der Waals surface area contributed by atoms with Gasteiger partial charge in [-0.1, -0.05) is 13.8 Å². The minimum atomic E-state index is -0.547. The molecule has 1 aromatic rings. The number of nitrogens with zero attached hydrogens (tertiary/aromatic N) is 4. The first-order chi connectivity index (χ1) is 15.9. The maximum absolute atomic E-state index is 14.0. The molecule has 2 amide bonds. The number of thioether (sulfide) groups is 1. The molecule has 3 rings (SSSR count). The van der Waals surface area contributed by atoms with Gasteiger partial charge in [-0.25, -0.2) is 14.6 Å². The van der Waals surface area contributed by atoms with Crippen molar-refractivity contribution in [2.75, 3.05) is 45.8 Å². The zero-order valence-electron chi connectivity index (χ0n) is 20.3. The molecule has 1 N–H and O–H groups in total. The minimum absolute atomic E-state index is 0. The zero-order valence-corrected chi connectivity index (χ0v) is 22.7.